The van der Waals surface area contributed by atoms with Crippen LogP contribution in [0.5, 0.6) is 0 Å². The number of carbonyl (C=O) groups is 1. The summed E-state index contributed by atoms with van der Waals surface area (Å²) in [5.41, 5.74) is 0. The van der Waals surface area contributed by atoms with E-state index in [4.69, 9.17) is 0 Å². The fourth-order valence-electron chi connectivity index (χ4n) is 1.82. The summed E-state index contributed by atoms with van der Waals surface area (Å²) in [6.45, 7) is 7.93. The van der Waals surface area contributed by atoms with Crippen molar-refractivity contribution in [3.8, 4) is 0 Å². The zero-order chi connectivity index (χ0) is 10.0. The lowest BCUT2D eigenvalue weighted by Gasteiger charge is -2.35. The summed E-state index contributed by atoms with van der Waals surface area (Å²) in [4.78, 5) is 14.2. The molecule has 2 nitrogen and oxygen atoms in total. The van der Waals surface area contributed by atoms with E-state index in [0.29, 0.717) is 10.7 Å². The molecule has 0 saturated carbocycles. The number of carbonyl (C=O) groups excluding carboxylic acids is 1. The Morgan fingerprint density at radius 3 is 2.54 bits per heavy atom. The van der Waals surface area contributed by atoms with Crippen molar-refractivity contribution in [3.05, 3.63) is 0 Å². The molecule has 0 aromatic carbocycles. The van der Waals surface area contributed by atoms with Crippen LogP contribution in [0.25, 0.3) is 0 Å². The highest BCUT2D eigenvalue weighted by Crippen LogP contribution is 2.22. The first-order valence-corrected chi connectivity index (χ1v) is 5.85. The van der Waals surface area contributed by atoms with Gasteiger partial charge in [-0.25, -0.2) is 0 Å². The van der Waals surface area contributed by atoms with Crippen molar-refractivity contribution in [2.75, 3.05) is 13.1 Å². The third-order valence-electron chi connectivity index (χ3n) is 2.41. The van der Waals surface area contributed by atoms with E-state index in [1.54, 1.807) is 0 Å². The van der Waals surface area contributed by atoms with Crippen molar-refractivity contribution in [3.63, 3.8) is 0 Å². The highest BCUT2D eigenvalue weighted by Gasteiger charge is 2.27. The van der Waals surface area contributed by atoms with Gasteiger partial charge in [0.25, 0.3) is 0 Å². The molecule has 76 valence electrons. The van der Waals surface area contributed by atoms with Crippen molar-refractivity contribution in [2.45, 2.75) is 32.0 Å². The Bertz CT molecular complexity index is 183. The molecular weight excluding hydrogens is 230 g/mol. The summed E-state index contributed by atoms with van der Waals surface area (Å²) in [5.74, 6) is 1.04. The Labute approximate surface area is 88.8 Å². The Balaban J connectivity index is 2.55. The van der Waals surface area contributed by atoms with Crippen molar-refractivity contribution in [2.24, 2.45) is 11.8 Å². The molecule has 0 spiro atoms. The maximum atomic E-state index is 11.7. The fraction of sp³-hybridized carbons (Fsp3) is 0.900. The van der Waals surface area contributed by atoms with Gasteiger partial charge in [-0.15, -0.1) is 0 Å². The number of nitrogens with zero attached hydrogens (tertiary/aromatic N) is 1. The average molecular weight is 248 g/mol. The van der Waals surface area contributed by atoms with Crippen LogP contribution in [0.3, 0.4) is 0 Å². The fourth-order valence-corrected chi connectivity index (χ4v) is 2.81. The van der Waals surface area contributed by atoms with Crippen molar-refractivity contribution < 1.29 is 4.79 Å². The Hall–Kier alpha value is -0.0500. The maximum absolute atomic E-state index is 11.7. The van der Waals surface area contributed by atoms with Gasteiger partial charge >= 0.3 is 0 Å². The zero-order valence-electron chi connectivity index (χ0n) is 8.59. The maximum Gasteiger partial charge on any atom is 0.225 e. The highest BCUT2D eigenvalue weighted by atomic mass is 79.9. The zero-order valence-corrected chi connectivity index (χ0v) is 10.2. The SMILES string of the molecule is CC1CC(Br)CN(C(=O)C(C)C)C1. The molecule has 3 heteroatoms. The van der Waals surface area contributed by atoms with Gasteiger partial charge in [0.15, 0.2) is 0 Å². The van der Waals surface area contributed by atoms with Gasteiger partial charge in [0.1, 0.15) is 0 Å². The summed E-state index contributed by atoms with van der Waals surface area (Å²) in [6, 6.07) is 0. The first-order chi connectivity index (χ1) is 6.00. The van der Waals surface area contributed by atoms with Crippen LogP contribution in [-0.4, -0.2) is 28.7 Å². The second kappa shape index (κ2) is 4.45. The number of halogens is 1. The smallest absolute Gasteiger partial charge is 0.225 e. The summed E-state index contributed by atoms with van der Waals surface area (Å²) < 4.78 is 0. The average Bonchev–Trinajstić information content (AvgIpc) is 2.01. The van der Waals surface area contributed by atoms with E-state index >= 15 is 0 Å². The van der Waals surface area contributed by atoms with E-state index in [1.807, 2.05) is 18.7 Å². The predicted octanol–water partition coefficient (Wildman–Crippen LogP) is 2.27. The van der Waals surface area contributed by atoms with Gasteiger partial charge in [0.2, 0.25) is 5.91 Å². The number of likely N-dealkylation sites (tertiary alicyclic amines) is 1. The quantitative estimate of drug-likeness (QED) is 0.652. The van der Waals surface area contributed by atoms with Gasteiger partial charge < -0.3 is 4.90 Å². The molecule has 0 bridgehead atoms. The number of rotatable bonds is 1. The van der Waals surface area contributed by atoms with Gasteiger partial charge in [-0.05, 0) is 12.3 Å². The Morgan fingerprint density at radius 2 is 2.08 bits per heavy atom. The number of hydrogen-bond donors (Lipinski definition) is 0. The number of amides is 1. The van der Waals surface area contributed by atoms with Crippen LogP contribution >= 0.6 is 15.9 Å². The lowest BCUT2D eigenvalue weighted by molar-refractivity contribution is -0.135. The second-order valence-electron chi connectivity index (χ2n) is 4.34. The lowest BCUT2D eigenvalue weighted by Crippen LogP contribution is -2.45. The summed E-state index contributed by atoms with van der Waals surface area (Å²) >= 11 is 3.59. The second-order valence-corrected chi connectivity index (χ2v) is 5.63. The molecule has 0 aromatic heterocycles. The molecule has 1 saturated heterocycles. The first-order valence-electron chi connectivity index (χ1n) is 4.93. The third kappa shape index (κ3) is 2.97. The number of hydrogen-bond acceptors (Lipinski definition) is 1. The minimum Gasteiger partial charge on any atom is -0.341 e. The largest absolute Gasteiger partial charge is 0.341 e. The van der Waals surface area contributed by atoms with E-state index in [0.717, 1.165) is 13.1 Å². The van der Waals surface area contributed by atoms with Crippen LogP contribution in [0.2, 0.25) is 0 Å². The molecule has 1 rings (SSSR count). The normalized spacial score (nSPS) is 29.5. The van der Waals surface area contributed by atoms with Gasteiger partial charge in [0, 0.05) is 23.8 Å². The molecule has 0 radical (unpaired) electrons. The lowest BCUT2D eigenvalue weighted by atomic mass is 9.99. The molecular formula is C10H18BrNO. The number of alkyl halides is 1. The van der Waals surface area contributed by atoms with Gasteiger partial charge in [0.05, 0.1) is 0 Å². The summed E-state index contributed by atoms with van der Waals surface area (Å²) in [7, 11) is 0. The predicted molar refractivity (Wildman–Crippen MR) is 57.9 cm³/mol. The van der Waals surface area contributed by atoms with E-state index in [-0.39, 0.29) is 11.8 Å². The molecule has 1 heterocycles. The minimum absolute atomic E-state index is 0.130. The molecule has 0 aliphatic carbocycles. The minimum atomic E-state index is 0.130. The molecule has 1 aliphatic rings. The first kappa shape index (κ1) is 11.0. The Kier molecular flexibility index (Phi) is 3.77. The van der Waals surface area contributed by atoms with Crippen LogP contribution in [0.15, 0.2) is 0 Å². The summed E-state index contributed by atoms with van der Waals surface area (Å²) in [5, 5.41) is 0. The molecule has 0 aromatic rings. The van der Waals surface area contributed by atoms with E-state index in [1.165, 1.54) is 6.42 Å². The van der Waals surface area contributed by atoms with E-state index in [2.05, 4.69) is 22.9 Å². The van der Waals surface area contributed by atoms with Gasteiger partial charge in [-0.1, -0.05) is 36.7 Å². The van der Waals surface area contributed by atoms with Crippen molar-refractivity contribution in [1.82, 2.24) is 4.90 Å². The monoisotopic (exact) mass is 247 g/mol. The topological polar surface area (TPSA) is 20.3 Å². The van der Waals surface area contributed by atoms with E-state index in [9.17, 15) is 4.79 Å². The molecule has 0 N–H and O–H groups in total. The van der Waals surface area contributed by atoms with Crippen LogP contribution < -0.4 is 0 Å². The molecule has 1 fully saturated rings. The summed E-state index contributed by atoms with van der Waals surface area (Å²) in [6.07, 6.45) is 1.18. The van der Waals surface area contributed by atoms with Gasteiger partial charge in [-0.3, -0.25) is 4.79 Å². The van der Waals surface area contributed by atoms with Crippen LogP contribution in [0.4, 0.5) is 0 Å². The van der Waals surface area contributed by atoms with Gasteiger partial charge in [-0.2, -0.15) is 0 Å². The Morgan fingerprint density at radius 1 is 1.46 bits per heavy atom. The standard InChI is InChI=1S/C10H18BrNO/c1-7(2)10(13)12-5-8(3)4-9(11)6-12/h7-9H,4-6H2,1-3H3. The van der Waals surface area contributed by atoms with Crippen LogP contribution in [0.1, 0.15) is 27.2 Å². The molecule has 2 atom stereocenters. The third-order valence-corrected chi connectivity index (χ3v) is 3.08. The number of piperidine rings is 1. The van der Waals surface area contributed by atoms with Crippen molar-refractivity contribution in [1.29, 1.82) is 0 Å². The van der Waals surface area contributed by atoms with Crippen molar-refractivity contribution >= 4 is 21.8 Å². The van der Waals surface area contributed by atoms with Crippen LogP contribution in [-0.2, 0) is 4.79 Å². The molecule has 2 unspecified atom stereocenters. The van der Waals surface area contributed by atoms with E-state index < -0.39 is 0 Å². The highest BCUT2D eigenvalue weighted by molar-refractivity contribution is 9.09. The molecule has 1 aliphatic heterocycles. The molecule has 1 amide bonds. The molecule has 13 heavy (non-hydrogen) atoms. The van der Waals surface area contributed by atoms with Crippen LogP contribution in [0, 0.1) is 11.8 Å².